The molecule has 0 amide bonds. The van der Waals surface area contributed by atoms with Gasteiger partial charge in [0.1, 0.15) is 0 Å². The van der Waals surface area contributed by atoms with E-state index in [0.717, 1.165) is 19.4 Å². The molecule has 0 saturated heterocycles. The van der Waals surface area contributed by atoms with E-state index in [1.54, 1.807) is 0 Å². The second-order valence-electron chi connectivity index (χ2n) is 5.47. The number of likely N-dealkylation sites (N-methyl/N-ethyl adjacent to an activating group) is 1. The molecular formula is C16H25NO2. The minimum absolute atomic E-state index is 0.0125. The summed E-state index contributed by atoms with van der Waals surface area (Å²) in [5.74, 6) is -0.0882. The highest BCUT2D eigenvalue weighted by molar-refractivity contribution is 5.67. The molecule has 0 aliphatic rings. The Morgan fingerprint density at radius 1 is 1.16 bits per heavy atom. The van der Waals surface area contributed by atoms with Gasteiger partial charge in [0.2, 0.25) is 0 Å². The number of carboxylic acid groups (broad SMARTS) is 1. The molecule has 1 rings (SSSR count). The molecule has 3 heteroatoms. The van der Waals surface area contributed by atoms with Crippen molar-refractivity contribution in [3.05, 3.63) is 35.4 Å². The van der Waals surface area contributed by atoms with Crippen LogP contribution in [0.15, 0.2) is 24.3 Å². The smallest absolute Gasteiger partial charge is 0.304 e. The molecule has 0 aliphatic heterocycles. The molecule has 19 heavy (non-hydrogen) atoms. The number of hydrogen-bond acceptors (Lipinski definition) is 2. The zero-order valence-electron chi connectivity index (χ0n) is 12.1. The van der Waals surface area contributed by atoms with Crippen molar-refractivity contribution in [1.82, 2.24) is 5.32 Å². The van der Waals surface area contributed by atoms with Gasteiger partial charge in [-0.2, -0.15) is 0 Å². The lowest BCUT2D eigenvalue weighted by molar-refractivity contribution is -0.137. The molecule has 0 heterocycles. The average Bonchev–Trinajstić information content (AvgIpc) is 2.30. The van der Waals surface area contributed by atoms with E-state index in [0.29, 0.717) is 5.92 Å². The van der Waals surface area contributed by atoms with Crippen molar-refractivity contribution in [2.24, 2.45) is 5.92 Å². The number of rotatable bonds is 8. The maximum atomic E-state index is 10.8. The van der Waals surface area contributed by atoms with Crippen molar-refractivity contribution in [3.63, 3.8) is 0 Å². The van der Waals surface area contributed by atoms with Gasteiger partial charge in [-0.05, 0) is 36.4 Å². The quantitative estimate of drug-likeness (QED) is 0.758. The predicted octanol–water partition coefficient (Wildman–Crippen LogP) is 2.88. The number of carbonyl (C=O) groups is 1. The van der Waals surface area contributed by atoms with Crippen LogP contribution < -0.4 is 5.32 Å². The first-order chi connectivity index (χ1) is 9.01. The number of carboxylic acids is 1. The topological polar surface area (TPSA) is 49.3 Å². The van der Waals surface area contributed by atoms with Gasteiger partial charge in [0, 0.05) is 6.04 Å². The molecule has 1 aromatic rings. The fourth-order valence-electron chi connectivity index (χ4n) is 2.28. The third-order valence-electron chi connectivity index (χ3n) is 3.06. The molecule has 0 spiro atoms. The van der Waals surface area contributed by atoms with E-state index in [9.17, 15) is 4.79 Å². The van der Waals surface area contributed by atoms with E-state index >= 15 is 0 Å². The molecule has 3 nitrogen and oxygen atoms in total. The van der Waals surface area contributed by atoms with E-state index in [4.69, 9.17) is 5.11 Å². The highest BCUT2D eigenvalue weighted by Gasteiger charge is 2.12. The first-order valence-corrected chi connectivity index (χ1v) is 7.04. The minimum Gasteiger partial charge on any atom is -0.481 e. The van der Waals surface area contributed by atoms with E-state index in [1.807, 2.05) is 6.92 Å². The second-order valence-corrected chi connectivity index (χ2v) is 5.47. The summed E-state index contributed by atoms with van der Waals surface area (Å²) in [5, 5.41) is 12.1. The van der Waals surface area contributed by atoms with Crippen molar-refractivity contribution in [1.29, 1.82) is 0 Å². The largest absolute Gasteiger partial charge is 0.481 e. The van der Waals surface area contributed by atoms with Crippen LogP contribution in [0.3, 0.4) is 0 Å². The van der Waals surface area contributed by atoms with Gasteiger partial charge in [-0.3, -0.25) is 4.79 Å². The third kappa shape index (κ3) is 6.39. The standard InChI is InChI=1S/C16H25NO2/c1-4-17-15(11-16(18)19)10-14-7-5-13(6-8-14)9-12(2)3/h5-8,12,15,17H,4,9-11H2,1-3H3,(H,18,19). The van der Waals surface area contributed by atoms with Gasteiger partial charge >= 0.3 is 5.97 Å². The Kier molecular flexibility index (Phi) is 6.57. The third-order valence-corrected chi connectivity index (χ3v) is 3.06. The van der Waals surface area contributed by atoms with Gasteiger partial charge in [0.25, 0.3) is 0 Å². The van der Waals surface area contributed by atoms with Gasteiger partial charge in [-0.25, -0.2) is 0 Å². The summed E-state index contributed by atoms with van der Waals surface area (Å²) >= 11 is 0. The molecule has 106 valence electrons. The first kappa shape index (κ1) is 15.7. The summed E-state index contributed by atoms with van der Waals surface area (Å²) in [4.78, 5) is 10.8. The molecule has 2 N–H and O–H groups in total. The first-order valence-electron chi connectivity index (χ1n) is 7.04. The molecular weight excluding hydrogens is 238 g/mol. The highest BCUT2D eigenvalue weighted by atomic mass is 16.4. The van der Waals surface area contributed by atoms with Gasteiger partial charge in [0.15, 0.2) is 0 Å². The molecule has 1 atom stereocenters. The summed E-state index contributed by atoms with van der Waals surface area (Å²) in [6, 6.07) is 8.55. The average molecular weight is 263 g/mol. The number of benzene rings is 1. The SMILES string of the molecule is CCNC(CC(=O)O)Cc1ccc(CC(C)C)cc1. The van der Waals surface area contributed by atoms with Crippen LogP contribution in [-0.2, 0) is 17.6 Å². The van der Waals surface area contributed by atoms with Gasteiger partial charge < -0.3 is 10.4 Å². The summed E-state index contributed by atoms with van der Waals surface area (Å²) < 4.78 is 0. The van der Waals surface area contributed by atoms with Crippen molar-refractivity contribution in [2.75, 3.05) is 6.54 Å². The summed E-state index contributed by atoms with van der Waals surface area (Å²) in [5.41, 5.74) is 2.54. The monoisotopic (exact) mass is 263 g/mol. The fourth-order valence-corrected chi connectivity index (χ4v) is 2.28. The molecule has 0 radical (unpaired) electrons. The summed E-state index contributed by atoms with van der Waals surface area (Å²) in [6.07, 6.45) is 2.02. The van der Waals surface area contributed by atoms with E-state index in [2.05, 4.69) is 43.4 Å². The van der Waals surface area contributed by atoms with Crippen LogP contribution in [0.2, 0.25) is 0 Å². The van der Waals surface area contributed by atoms with Crippen molar-refractivity contribution in [3.8, 4) is 0 Å². The molecule has 0 aliphatic carbocycles. The van der Waals surface area contributed by atoms with Crippen molar-refractivity contribution >= 4 is 5.97 Å². The van der Waals surface area contributed by atoms with Gasteiger partial charge in [0.05, 0.1) is 6.42 Å². The fraction of sp³-hybridized carbons (Fsp3) is 0.562. The second kappa shape index (κ2) is 7.95. The number of nitrogens with one attached hydrogen (secondary N) is 1. The van der Waals surface area contributed by atoms with Crippen LogP contribution in [0.5, 0.6) is 0 Å². The zero-order chi connectivity index (χ0) is 14.3. The zero-order valence-corrected chi connectivity index (χ0v) is 12.1. The Morgan fingerprint density at radius 3 is 2.11 bits per heavy atom. The predicted molar refractivity (Wildman–Crippen MR) is 78.4 cm³/mol. The Bertz CT molecular complexity index is 384. The van der Waals surface area contributed by atoms with Crippen LogP contribution in [0.4, 0.5) is 0 Å². The van der Waals surface area contributed by atoms with Crippen LogP contribution >= 0.6 is 0 Å². The molecule has 1 aromatic carbocycles. The van der Waals surface area contributed by atoms with Crippen LogP contribution in [0, 0.1) is 5.92 Å². The molecule has 0 fully saturated rings. The summed E-state index contributed by atoms with van der Waals surface area (Å²) in [7, 11) is 0. The lowest BCUT2D eigenvalue weighted by Crippen LogP contribution is -2.33. The lowest BCUT2D eigenvalue weighted by atomic mass is 9.98. The van der Waals surface area contributed by atoms with Gasteiger partial charge in [-0.15, -0.1) is 0 Å². The van der Waals surface area contributed by atoms with Crippen LogP contribution in [0.25, 0.3) is 0 Å². The maximum absolute atomic E-state index is 10.8. The van der Waals surface area contributed by atoms with Crippen molar-refractivity contribution < 1.29 is 9.90 Å². The van der Waals surface area contributed by atoms with Crippen LogP contribution in [-0.4, -0.2) is 23.7 Å². The van der Waals surface area contributed by atoms with E-state index in [-0.39, 0.29) is 12.5 Å². The maximum Gasteiger partial charge on any atom is 0.304 e. The number of aliphatic carboxylic acids is 1. The molecule has 1 unspecified atom stereocenters. The Labute approximate surface area is 116 Å². The summed E-state index contributed by atoms with van der Waals surface area (Å²) in [6.45, 7) is 7.22. The Balaban J connectivity index is 2.61. The number of hydrogen-bond donors (Lipinski definition) is 2. The van der Waals surface area contributed by atoms with E-state index in [1.165, 1.54) is 11.1 Å². The minimum atomic E-state index is -0.748. The Morgan fingerprint density at radius 2 is 1.68 bits per heavy atom. The highest BCUT2D eigenvalue weighted by Crippen LogP contribution is 2.12. The normalized spacial score (nSPS) is 12.6. The molecule has 0 bridgehead atoms. The van der Waals surface area contributed by atoms with Crippen LogP contribution in [0.1, 0.15) is 38.3 Å². The lowest BCUT2D eigenvalue weighted by Gasteiger charge is -2.16. The van der Waals surface area contributed by atoms with E-state index < -0.39 is 5.97 Å². The molecule has 0 saturated carbocycles. The Hall–Kier alpha value is -1.35. The van der Waals surface area contributed by atoms with Gasteiger partial charge in [-0.1, -0.05) is 45.0 Å². The molecule has 0 aromatic heterocycles. The van der Waals surface area contributed by atoms with Crippen molar-refractivity contribution in [2.45, 2.75) is 46.1 Å².